The molecule has 2 N–H and O–H groups in total. The lowest BCUT2D eigenvalue weighted by Crippen LogP contribution is -2.32. The average Bonchev–Trinajstić information content (AvgIpc) is 3.48. The quantitative estimate of drug-likeness (QED) is 0.653. The lowest BCUT2D eigenvalue weighted by atomic mass is 10.1. The molecular formula is C21H23FN6O2. The van der Waals surface area contributed by atoms with Gasteiger partial charge < -0.3 is 14.8 Å². The Bertz CT molecular complexity index is 1040. The molecule has 156 valence electrons. The van der Waals surface area contributed by atoms with E-state index >= 15 is 0 Å². The first kappa shape index (κ1) is 19.8. The van der Waals surface area contributed by atoms with Crippen LogP contribution in [-0.2, 0) is 16.1 Å². The van der Waals surface area contributed by atoms with Gasteiger partial charge in [-0.25, -0.2) is 9.37 Å². The van der Waals surface area contributed by atoms with Gasteiger partial charge in [-0.05, 0) is 43.2 Å². The topological polar surface area (TPSA) is 95.9 Å². The highest BCUT2D eigenvalue weighted by molar-refractivity contribution is 5.93. The van der Waals surface area contributed by atoms with Crippen LogP contribution in [0.4, 0.5) is 10.2 Å². The van der Waals surface area contributed by atoms with Gasteiger partial charge in [0.25, 0.3) is 0 Å². The van der Waals surface area contributed by atoms with Gasteiger partial charge in [0, 0.05) is 44.5 Å². The lowest BCUT2D eigenvalue weighted by Gasteiger charge is -2.16. The largest absolute Gasteiger partial charge is 0.342 e. The molecule has 2 amide bonds. The monoisotopic (exact) mass is 410 g/mol. The number of carbonyl (C=O) groups is 2. The molecule has 0 spiro atoms. The summed E-state index contributed by atoms with van der Waals surface area (Å²) in [6.45, 7) is 3.46. The van der Waals surface area contributed by atoms with Crippen LogP contribution >= 0.6 is 0 Å². The van der Waals surface area contributed by atoms with Crippen molar-refractivity contribution in [3.05, 3.63) is 54.4 Å². The smallest absolute Gasteiger partial charge is 0.230 e. The number of hydrogen-bond donors (Lipinski definition) is 2. The van der Waals surface area contributed by atoms with Crippen LogP contribution in [0.25, 0.3) is 11.3 Å². The van der Waals surface area contributed by atoms with E-state index in [0.717, 1.165) is 11.4 Å². The number of carbonyl (C=O) groups excluding carboxylic acids is 2. The standard InChI is InChI=1S/C21H23FN6O2/c1-14-23-8-11-27(14)10-7-20(29)28-9-6-16(13-28)21(30)24-19-12-18(25-26-19)15-2-4-17(22)5-3-15/h2-5,8,11-12,16H,6-7,9-10,13H2,1H3,(H2,24,25,26,30). The van der Waals surface area contributed by atoms with Crippen molar-refractivity contribution >= 4 is 17.6 Å². The molecule has 4 rings (SSSR count). The van der Waals surface area contributed by atoms with E-state index in [9.17, 15) is 14.0 Å². The zero-order valence-corrected chi connectivity index (χ0v) is 16.6. The first-order chi connectivity index (χ1) is 14.5. The third-order valence-electron chi connectivity index (χ3n) is 5.39. The van der Waals surface area contributed by atoms with E-state index in [1.54, 1.807) is 29.3 Å². The Morgan fingerprint density at radius 2 is 2.10 bits per heavy atom. The Hall–Kier alpha value is -3.49. The summed E-state index contributed by atoms with van der Waals surface area (Å²) in [5.41, 5.74) is 1.46. The number of H-pyrrole nitrogens is 1. The van der Waals surface area contributed by atoms with Gasteiger partial charge in [-0.15, -0.1) is 0 Å². The molecule has 1 atom stereocenters. The van der Waals surface area contributed by atoms with Crippen molar-refractivity contribution in [3.63, 3.8) is 0 Å². The molecule has 0 aliphatic carbocycles. The molecule has 3 aromatic rings. The van der Waals surface area contributed by atoms with Crippen LogP contribution in [0.15, 0.2) is 42.7 Å². The van der Waals surface area contributed by atoms with Gasteiger partial charge in [0.15, 0.2) is 5.82 Å². The fraction of sp³-hybridized carbons (Fsp3) is 0.333. The molecule has 0 radical (unpaired) electrons. The molecule has 1 aliphatic heterocycles. The molecular weight excluding hydrogens is 387 g/mol. The number of likely N-dealkylation sites (tertiary alicyclic amines) is 1. The van der Waals surface area contributed by atoms with Gasteiger partial charge in [-0.2, -0.15) is 5.10 Å². The highest BCUT2D eigenvalue weighted by Crippen LogP contribution is 2.22. The minimum atomic E-state index is -0.313. The summed E-state index contributed by atoms with van der Waals surface area (Å²) in [4.78, 5) is 31.0. The van der Waals surface area contributed by atoms with Gasteiger partial charge in [-0.1, -0.05) is 0 Å². The Balaban J connectivity index is 1.29. The number of aromatic amines is 1. The summed E-state index contributed by atoms with van der Waals surface area (Å²) in [6, 6.07) is 7.72. The third-order valence-corrected chi connectivity index (χ3v) is 5.39. The number of benzene rings is 1. The maximum atomic E-state index is 13.1. The molecule has 8 nitrogen and oxygen atoms in total. The van der Waals surface area contributed by atoms with Crippen LogP contribution in [-0.4, -0.2) is 49.6 Å². The average molecular weight is 410 g/mol. The number of halogens is 1. The summed E-state index contributed by atoms with van der Waals surface area (Å²) < 4.78 is 15.0. The van der Waals surface area contributed by atoms with Crippen molar-refractivity contribution in [2.75, 3.05) is 18.4 Å². The van der Waals surface area contributed by atoms with Crippen molar-refractivity contribution in [1.82, 2.24) is 24.6 Å². The zero-order chi connectivity index (χ0) is 21.1. The predicted octanol–water partition coefficient (Wildman–Crippen LogP) is 2.60. The van der Waals surface area contributed by atoms with E-state index in [2.05, 4.69) is 20.5 Å². The molecule has 1 aliphatic rings. The van der Waals surface area contributed by atoms with Crippen molar-refractivity contribution in [3.8, 4) is 11.3 Å². The number of nitrogens with zero attached hydrogens (tertiary/aromatic N) is 4. The minimum absolute atomic E-state index is 0.0387. The van der Waals surface area contributed by atoms with Crippen LogP contribution in [0, 0.1) is 18.7 Å². The first-order valence-electron chi connectivity index (χ1n) is 9.87. The van der Waals surface area contributed by atoms with Gasteiger partial charge >= 0.3 is 0 Å². The van der Waals surface area contributed by atoms with Crippen LogP contribution in [0.2, 0.25) is 0 Å². The number of rotatable bonds is 6. The second-order valence-corrected chi connectivity index (χ2v) is 7.41. The number of aryl methyl sites for hydroxylation is 2. The zero-order valence-electron chi connectivity index (χ0n) is 16.6. The minimum Gasteiger partial charge on any atom is -0.342 e. The summed E-state index contributed by atoms with van der Waals surface area (Å²) >= 11 is 0. The van der Waals surface area contributed by atoms with E-state index in [-0.39, 0.29) is 23.5 Å². The lowest BCUT2D eigenvalue weighted by molar-refractivity contribution is -0.130. The van der Waals surface area contributed by atoms with Gasteiger partial charge in [0.2, 0.25) is 11.8 Å². The third kappa shape index (κ3) is 4.40. The second kappa shape index (κ2) is 8.48. The predicted molar refractivity (Wildman–Crippen MR) is 109 cm³/mol. The van der Waals surface area contributed by atoms with Crippen LogP contribution in [0.3, 0.4) is 0 Å². The van der Waals surface area contributed by atoms with Gasteiger partial charge in [-0.3, -0.25) is 14.7 Å². The molecule has 1 fully saturated rings. The molecule has 2 aromatic heterocycles. The molecule has 1 saturated heterocycles. The Kier molecular flexibility index (Phi) is 5.60. The molecule has 3 heterocycles. The number of hydrogen-bond acceptors (Lipinski definition) is 4. The van der Waals surface area contributed by atoms with Crippen LogP contribution < -0.4 is 5.32 Å². The maximum Gasteiger partial charge on any atom is 0.230 e. The summed E-state index contributed by atoms with van der Waals surface area (Å²) in [6.07, 6.45) is 4.57. The second-order valence-electron chi connectivity index (χ2n) is 7.41. The maximum absolute atomic E-state index is 13.1. The number of anilines is 1. The van der Waals surface area contributed by atoms with Gasteiger partial charge in [0.05, 0.1) is 11.6 Å². The van der Waals surface area contributed by atoms with E-state index in [1.807, 2.05) is 17.7 Å². The molecule has 1 aromatic carbocycles. The fourth-order valence-electron chi connectivity index (χ4n) is 3.61. The molecule has 9 heteroatoms. The normalized spacial score (nSPS) is 16.1. The number of nitrogens with one attached hydrogen (secondary N) is 2. The number of amides is 2. The Labute approximate surface area is 173 Å². The van der Waals surface area contributed by atoms with E-state index < -0.39 is 0 Å². The highest BCUT2D eigenvalue weighted by atomic mass is 19.1. The Morgan fingerprint density at radius 3 is 2.83 bits per heavy atom. The Morgan fingerprint density at radius 1 is 1.30 bits per heavy atom. The van der Waals surface area contributed by atoms with Crippen molar-refractivity contribution in [1.29, 1.82) is 0 Å². The van der Waals surface area contributed by atoms with Crippen LogP contribution in [0.1, 0.15) is 18.7 Å². The molecule has 0 saturated carbocycles. The van der Waals surface area contributed by atoms with E-state index in [0.29, 0.717) is 44.0 Å². The number of imidazole rings is 1. The molecule has 0 bridgehead atoms. The summed E-state index contributed by atoms with van der Waals surface area (Å²) in [7, 11) is 0. The van der Waals surface area contributed by atoms with Crippen LogP contribution in [0.5, 0.6) is 0 Å². The van der Waals surface area contributed by atoms with E-state index in [4.69, 9.17) is 0 Å². The summed E-state index contributed by atoms with van der Waals surface area (Å²) in [5, 5.41) is 9.75. The first-order valence-corrected chi connectivity index (χ1v) is 9.87. The highest BCUT2D eigenvalue weighted by Gasteiger charge is 2.31. The summed E-state index contributed by atoms with van der Waals surface area (Å²) in [5.74, 6) is 0.576. The number of aromatic nitrogens is 4. The van der Waals surface area contributed by atoms with Crippen molar-refractivity contribution in [2.24, 2.45) is 5.92 Å². The van der Waals surface area contributed by atoms with Crippen molar-refractivity contribution < 1.29 is 14.0 Å². The molecule has 1 unspecified atom stereocenters. The van der Waals surface area contributed by atoms with Crippen molar-refractivity contribution in [2.45, 2.75) is 26.3 Å². The van der Waals surface area contributed by atoms with E-state index in [1.165, 1.54) is 12.1 Å². The molecule has 30 heavy (non-hydrogen) atoms. The van der Waals surface area contributed by atoms with Gasteiger partial charge in [0.1, 0.15) is 11.6 Å². The fourth-order valence-corrected chi connectivity index (χ4v) is 3.61. The SMILES string of the molecule is Cc1nccn1CCC(=O)N1CCC(C(=O)Nc2cc(-c3ccc(F)cc3)[nH]n2)C1.